The lowest BCUT2D eigenvalue weighted by atomic mass is 9.81. The lowest BCUT2D eigenvalue weighted by Crippen LogP contribution is -2.29. The summed E-state index contributed by atoms with van der Waals surface area (Å²) in [6.07, 6.45) is 7.45. The number of rotatable bonds is 6. The van der Waals surface area contributed by atoms with Crippen LogP contribution in [0.15, 0.2) is 52.5 Å². The summed E-state index contributed by atoms with van der Waals surface area (Å²) in [6.45, 7) is 1.81. The van der Waals surface area contributed by atoms with E-state index < -0.39 is 34.7 Å². The van der Waals surface area contributed by atoms with E-state index in [-0.39, 0.29) is 17.2 Å². The van der Waals surface area contributed by atoms with Gasteiger partial charge in [0.25, 0.3) is 11.5 Å². The zero-order valence-corrected chi connectivity index (χ0v) is 18.5. The van der Waals surface area contributed by atoms with Crippen LogP contribution in [0.3, 0.4) is 0 Å². The first-order valence-corrected chi connectivity index (χ1v) is 10.2. The molecule has 12 heteroatoms. The molecule has 0 saturated heterocycles. The standard InChI is InChI=1S/C22H20N8O4/c1-12(17(13-8-25-29(2)10-13)15-5-4-6-24-16(15)7-23)20-28-18(19(31)22(33)30(20)3)21(32)27-14-9-26-34-11-14/h4-6,8-12,17,31H,1-3H3,(H,27,32)/t12-,17-/m1/s1. The van der Waals surface area contributed by atoms with Gasteiger partial charge in [-0.3, -0.25) is 18.8 Å². The quantitative estimate of drug-likeness (QED) is 0.435. The number of hydrogen-bond acceptors (Lipinski definition) is 9. The molecule has 0 unspecified atom stereocenters. The summed E-state index contributed by atoms with van der Waals surface area (Å²) in [4.78, 5) is 34.1. The van der Waals surface area contributed by atoms with Crippen LogP contribution < -0.4 is 10.9 Å². The summed E-state index contributed by atoms with van der Waals surface area (Å²) in [5, 5.41) is 30.2. The number of aromatic nitrogens is 6. The largest absolute Gasteiger partial charge is 0.501 e. The molecule has 4 aromatic heterocycles. The van der Waals surface area contributed by atoms with Crippen molar-refractivity contribution in [1.29, 1.82) is 5.26 Å². The number of carbonyl (C=O) groups is 1. The van der Waals surface area contributed by atoms with Gasteiger partial charge in [0.2, 0.25) is 5.75 Å². The Hall–Kier alpha value is -4.79. The van der Waals surface area contributed by atoms with E-state index in [0.29, 0.717) is 5.56 Å². The first kappa shape index (κ1) is 22.4. The van der Waals surface area contributed by atoms with Crippen LogP contribution in [-0.2, 0) is 14.1 Å². The van der Waals surface area contributed by atoms with Crippen molar-refractivity contribution in [2.24, 2.45) is 14.1 Å². The highest BCUT2D eigenvalue weighted by Gasteiger charge is 2.31. The fourth-order valence-electron chi connectivity index (χ4n) is 3.88. The molecule has 0 aliphatic rings. The zero-order valence-electron chi connectivity index (χ0n) is 18.5. The molecule has 172 valence electrons. The summed E-state index contributed by atoms with van der Waals surface area (Å²) in [7, 11) is 3.22. The second-order valence-electron chi connectivity index (χ2n) is 7.67. The highest BCUT2D eigenvalue weighted by molar-refractivity contribution is 6.04. The van der Waals surface area contributed by atoms with E-state index in [0.717, 1.165) is 5.56 Å². The van der Waals surface area contributed by atoms with Crippen molar-refractivity contribution in [1.82, 2.24) is 29.5 Å². The highest BCUT2D eigenvalue weighted by atomic mass is 16.5. The van der Waals surface area contributed by atoms with Crippen LogP contribution in [0.25, 0.3) is 0 Å². The molecule has 0 radical (unpaired) electrons. The third kappa shape index (κ3) is 4.02. The van der Waals surface area contributed by atoms with Crippen molar-refractivity contribution >= 4 is 11.6 Å². The van der Waals surface area contributed by atoms with Crippen LogP contribution in [0.4, 0.5) is 5.69 Å². The van der Waals surface area contributed by atoms with Gasteiger partial charge in [-0.15, -0.1) is 0 Å². The van der Waals surface area contributed by atoms with Crippen LogP contribution >= 0.6 is 0 Å². The van der Waals surface area contributed by atoms with Gasteiger partial charge in [-0.1, -0.05) is 18.1 Å². The molecule has 0 saturated carbocycles. The van der Waals surface area contributed by atoms with Crippen LogP contribution in [0.2, 0.25) is 0 Å². The SMILES string of the molecule is C[C@@H](c1nc(C(=O)Nc2cnoc2)c(O)c(=O)n1C)[C@H](c1cnn(C)c1)c1cccnc1C#N. The Morgan fingerprint density at radius 2 is 2.12 bits per heavy atom. The molecule has 1 amide bonds. The molecule has 0 aromatic carbocycles. The lowest BCUT2D eigenvalue weighted by molar-refractivity contribution is 0.101. The molecule has 0 spiro atoms. The Labute approximate surface area is 193 Å². The normalized spacial score (nSPS) is 12.6. The summed E-state index contributed by atoms with van der Waals surface area (Å²) in [6, 6.07) is 5.59. The van der Waals surface area contributed by atoms with Gasteiger partial charge in [-0.05, 0) is 17.2 Å². The van der Waals surface area contributed by atoms with Gasteiger partial charge in [0.15, 0.2) is 5.69 Å². The highest BCUT2D eigenvalue weighted by Crippen LogP contribution is 2.38. The summed E-state index contributed by atoms with van der Waals surface area (Å²) in [5.74, 6) is -2.37. The number of nitrogens with one attached hydrogen (secondary N) is 1. The van der Waals surface area contributed by atoms with Crippen molar-refractivity contribution in [3.8, 4) is 11.8 Å². The number of nitrogens with zero attached hydrogens (tertiary/aromatic N) is 7. The minimum absolute atomic E-state index is 0.220. The minimum atomic E-state index is -0.802. The van der Waals surface area contributed by atoms with Crippen molar-refractivity contribution in [3.63, 3.8) is 0 Å². The number of carbonyl (C=O) groups excluding carboxylic acids is 1. The number of anilines is 1. The third-order valence-electron chi connectivity index (χ3n) is 5.48. The van der Waals surface area contributed by atoms with Crippen LogP contribution in [0, 0.1) is 11.3 Å². The third-order valence-corrected chi connectivity index (χ3v) is 5.48. The van der Waals surface area contributed by atoms with Crippen LogP contribution in [-0.4, -0.2) is 40.5 Å². The predicted octanol–water partition coefficient (Wildman–Crippen LogP) is 1.66. The van der Waals surface area contributed by atoms with E-state index in [1.165, 1.54) is 30.3 Å². The maximum absolute atomic E-state index is 12.8. The van der Waals surface area contributed by atoms with Crippen molar-refractivity contribution in [3.05, 3.63) is 81.9 Å². The topological polar surface area (TPSA) is 165 Å². The minimum Gasteiger partial charge on any atom is -0.501 e. The van der Waals surface area contributed by atoms with Gasteiger partial charge in [-0.25, -0.2) is 9.97 Å². The van der Waals surface area contributed by atoms with E-state index in [9.17, 15) is 20.0 Å². The van der Waals surface area contributed by atoms with Crippen molar-refractivity contribution in [2.45, 2.75) is 18.8 Å². The predicted molar refractivity (Wildman–Crippen MR) is 118 cm³/mol. The Morgan fingerprint density at radius 3 is 2.76 bits per heavy atom. The number of amides is 1. The van der Waals surface area contributed by atoms with Crippen LogP contribution in [0.1, 0.15) is 51.9 Å². The van der Waals surface area contributed by atoms with Crippen LogP contribution in [0.5, 0.6) is 5.75 Å². The Kier molecular flexibility index (Phi) is 5.92. The number of nitriles is 1. The van der Waals surface area contributed by atoms with Crippen molar-refractivity contribution < 1.29 is 14.4 Å². The molecule has 4 rings (SSSR count). The molecule has 4 aromatic rings. The number of hydrogen-bond donors (Lipinski definition) is 2. The fraction of sp³-hybridized carbons (Fsp3) is 0.227. The second kappa shape index (κ2) is 8.99. The smallest absolute Gasteiger partial charge is 0.296 e. The number of pyridine rings is 1. The number of aryl methyl sites for hydroxylation is 1. The Balaban J connectivity index is 1.85. The van der Waals surface area contributed by atoms with E-state index >= 15 is 0 Å². The van der Waals surface area contributed by atoms with Gasteiger partial charge >= 0.3 is 0 Å². The van der Waals surface area contributed by atoms with E-state index in [2.05, 4.69) is 36.1 Å². The Morgan fingerprint density at radius 1 is 1.32 bits per heavy atom. The fourth-order valence-corrected chi connectivity index (χ4v) is 3.88. The second-order valence-corrected chi connectivity index (χ2v) is 7.67. The average molecular weight is 460 g/mol. The van der Waals surface area contributed by atoms with Crippen molar-refractivity contribution in [2.75, 3.05) is 5.32 Å². The molecule has 34 heavy (non-hydrogen) atoms. The molecule has 4 heterocycles. The summed E-state index contributed by atoms with van der Waals surface area (Å²) < 4.78 is 7.49. The first-order valence-electron chi connectivity index (χ1n) is 10.2. The molecule has 0 bridgehead atoms. The molecule has 0 fully saturated rings. The maximum atomic E-state index is 12.8. The lowest BCUT2D eigenvalue weighted by Gasteiger charge is -2.25. The molecular weight excluding hydrogens is 440 g/mol. The summed E-state index contributed by atoms with van der Waals surface area (Å²) in [5.41, 5.74) is 0.605. The maximum Gasteiger partial charge on any atom is 0.296 e. The van der Waals surface area contributed by atoms with E-state index in [1.54, 1.807) is 36.3 Å². The molecule has 12 nitrogen and oxygen atoms in total. The zero-order chi connectivity index (χ0) is 24.4. The molecule has 0 aliphatic heterocycles. The van der Waals surface area contributed by atoms with Gasteiger partial charge in [0.05, 0.1) is 12.4 Å². The monoisotopic (exact) mass is 460 g/mol. The molecule has 2 atom stereocenters. The average Bonchev–Trinajstić information content (AvgIpc) is 3.50. The first-order chi connectivity index (χ1) is 16.3. The number of aromatic hydroxyl groups is 1. The van der Waals surface area contributed by atoms with Gasteiger partial charge in [0.1, 0.15) is 29.5 Å². The van der Waals surface area contributed by atoms with Gasteiger partial charge < -0.3 is 14.9 Å². The van der Waals surface area contributed by atoms with Gasteiger partial charge in [0, 0.05) is 38.3 Å². The van der Waals surface area contributed by atoms with E-state index in [1.807, 2.05) is 6.92 Å². The van der Waals surface area contributed by atoms with Gasteiger partial charge in [-0.2, -0.15) is 10.4 Å². The molecular formula is C22H20N8O4. The Bertz CT molecular complexity index is 1450. The summed E-state index contributed by atoms with van der Waals surface area (Å²) >= 11 is 0. The molecule has 2 N–H and O–H groups in total. The molecule has 0 aliphatic carbocycles. The van der Waals surface area contributed by atoms with E-state index in [4.69, 9.17) is 0 Å².